The van der Waals surface area contributed by atoms with Gasteiger partial charge in [0.05, 0.1) is 18.1 Å². The van der Waals surface area contributed by atoms with Crippen molar-refractivity contribution in [2.24, 2.45) is 0 Å². The molecule has 6 aromatic rings. The lowest BCUT2D eigenvalue weighted by molar-refractivity contribution is 0.284. The second kappa shape index (κ2) is 21.5. The van der Waals surface area contributed by atoms with Crippen LogP contribution in [0.4, 0.5) is 5.82 Å². The van der Waals surface area contributed by atoms with Gasteiger partial charge in [-0.2, -0.15) is 0 Å². The van der Waals surface area contributed by atoms with Crippen LogP contribution in [-0.2, 0) is 10.8 Å². The molecule has 0 fully saturated rings. The molecule has 10 heteroatoms. The largest absolute Gasteiger partial charge is 0.417 e. The highest BCUT2D eigenvalue weighted by Crippen LogP contribution is 2.40. The van der Waals surface area contributed by atoms with Gasteiger partial charge in [-0.1, -0.05) is 100.0 Å². The van der Waals surface area contributed by atoms with Gasteiger partial charge in [-0.25, -0.2) is 4.98 Å². The Balaban J connectivity index is 0.000000197. The smallest absolute Gasteiger partial charge is 0.191 e. The number of unbranched alkanes of at least 4 members (excludes halogenated alkanes) is 1. The van der Waals surface area contributed by atoms with Gasteiger partial charge in [0, 0.05) is 60.7 Å². The van der Waals surface area contributed by atoms with Crippen LogP contribution in [0.3, 0.4) is 0 Å². The van der Waals surface area contributed by atoms with Crippen LogP contribution in [0.15, 0.2) is 111 Å². The van der Waals surface area contributed by atoms with E-state index < -0.39 is 8.32 Å². The quantitative estimate of drug-likeness (QED) is 0.0658. The first-order chi connectivity index (χ1) is 28.4. The predicted molar refractivity (Wildman–Crippen MR) is 269 cm³/mol. The van der Waals surface area contributed by atoms with Crippen molar-refractivity contribution in [3.05, 3.63) is 149 Å². The summed E-state index contributed by atoms with van der Waals surface area (Å²) in [7, 11) is -1.60. The van der Waals surface area contributed by atoms with Crippen molar-refractivity contribution in [3.8, 4) is 28.9 Å². The molecule has 0 spiro atoms. The monoisotopic (exact) mass is 1060 g/mol. The number of anilines is 1. The lowest BCUT2D eigenvalue weighted by atomic mass is 9.97. The van der Waals surface area contributed by atoms with Crippen LogP contribution in [0.1, 0.15) is 92.1 Å². The van der Waals surface area contributed by atoms with Crippen molar-refractivity contribution < 1.29 is 8.95 Å². The maximum absolute atomic E-state index is 6.15. The molecule has 0 saturated heterocycles. The minimum atomic E-state index is -1.60. The molecule has 0 amide bonds. The predicted octanol–water partition coefficient (Wildman–Crippen LogP) is 14.9. The molecule has 60 heavy (non-hydrogen) atoms. The summed E-state index contributed by atoms with van der Waals surface area (Å²) in [4.78, 5) is 6.71. The Morgan fingerprint density at radius 2 is 1.60 bits per heavy atom. The Morgan fingerprint density at radius 3 is 2.22 bits per heavy atom. The number of aryl methyl sites for hydroxylation is 4. The zero-order chi connectivity index (χ0) is 43.6. The van der Waals surface area contributed by atoms with Crippen molar-refractivity contribution in [2.45, 2.75) is 105 Å². The SMILES string of the molecule is Cc1cc(C#CCCCO[Si](C)(C)C(C)(C)C)ccc1Br.Cc1cc(I)ccc1Br.Cc1cn(-c2ccc(-c3onc4c3CCCN4[C@@H](C)c3ccccc3)cc2C)cn1. The summed E-state index contributed by atoms with van der Waals surface area (Å²) in [6, 6.07) is 29.8. The minimum absolute atomic E-state index is 0.261. The van der Waals surface area contributed by atoms with Crippen molar-refractivity contribution in [1.29, 1.82) is 0 Å². The molecule has 6 nitrogen and oxygen atoms in total. The number of halogens is 3. The second-order valence-corrected chi connectivity index (χ2v) is 24.8. The zero-order valence-corrected chi connectivity index (χ0v) is 43.1. The van der Waals surface area contributed by atoms with E-state index in [4.69, 9.17) is 8.95 Å². The molecule has 0 aliphatic carbocycles. The Hall–Kier alpha value is -3.47. The molecule has 0 radical (unpaired) electrons. The summed E-state index contributed by atoms with van der Waals surface area (Å²) >= 11 is 9.23. The third kappa shape index (κ3) is 12.8. The number of aromatic nitrogens is 3. The van der Waals surface area contributed by atoms with E-state index in [1.807, 2.05) is 19.4 Å². The molecule has 0 saturated carbocycles. The van der Waals surface area contributed by atoms with Crippen molar-refractivity contribution in [2.75, 3.05) is 18.1 Å². The summed E-state index contributed by atoms with van der Waals surface area (Å²) in [6.45, 7) is 23.8. The number of hydrogen-bond donors (Lipinski definition) is 0. The Morgan fingerprint density at radius 1 is 0.900 bits per heavy atom. The van der Waals surface area contributed by atoms with E-state index in [2.05, 4.69) is 232 Å². The molecule has 0 bridgehead atoms. The van der Waals surface area contributed by atoms with E-state index in [1.54, 1.807) is 0 Å². The average molecular weight is 1060 g/mol. The van der Waals surface area contributed by atoms with Gasteiger partial charge in [-0.05, 0) is 171 Å². The van der Waals surface area contributed by atoms with E-state index in [9.17, 15) is 0 Å². The molecule has 1 atom stereocenters. The third-order valence-corrected chi connectivity index (χ3v) is 18.3. The molecule has 1 aliphatic rings. The highest BCUT2D eigenvalue weighted by atomic mass is 127. The number of hydrogen-bond acceptors (Lipinski definition) is 5. The fourth-order valence-electron chi connectivity index (χ4n) is 6.64. The summed E-state index contributed by atoms with van der Waals surface area (Å²) in [5.41, 5.74) is 10.5. The average Bonchev–Trinajstić information content (AvgIpc) is 3.85. The van der Waals surface area contributed by atoms with Gasteiger partial charge in [-0.3, -0.25) is 0 Å². The van der Waals surface area contributed by atoms with Gasteiger partial charge < -0.3 is 18.4 Å². The Bertz CT molecular complexity index is 2410. The molecule has 0 N–H and O–H groups in total. The van der Waals surface area contributed by atoms with Gasteiger partial charge in [0.15, 0.2) is 19.9 Å². The van der Waals surface area contributed by atoms with E-state index >= 15 is 0 Å². The van der Waals surface area contributed by atoms with E-state index in [-0.39, 0.29) is 11.1 Å². The summed E-state index contributed by atoms with van der Waals surface area (Å²) in [6.07, 6.45) is 7.90. The first-order valence-electron chi connectivity index (χ1n) is 20.7. The molecular weight excluding hydrogens is 1000 g/mol. The standard InChI is InChI=1S/C25H26N4O.C18H27BrOSi.C7H6BrI/c1-17-14-21(11-12-23(17)28-15-18(2)26-16-28)24-22-10-7-13-29(25(22)27-30-24)19(3)20-8-5-4-6-9-20;1-15-14-16(11-12-17(15)19)10-8-7-9-13-20-21(5,6)18(2,3)4;1-5-4-6(9)2-3-7(5)8/h4-6,8-9,11-12,14-16,19H,7,10,13H2,1-3H3;11-12,14H,7,9,13H2,1-6H3;2-4H,1H3/t19-;;/m0../s1. The van der Waals surface area contributed by atoms with Crippen LogP contribution >= 0.6 is 54.5 Å². The third-order valence-electron chi connectivity index (χ3n) is 11.3. The number of nitrogens with zero attached hydrogens (tertiary/aromatic N) is 4. The van der Waals surface area contributed by atoms with Crippen LogP contribution in [0.25, 0.3) is 17.0 Å². The van der Waals surface area contributed by atoms with Crippen LogP contribution < -0.4 is 4.90 Å². The van der Waals surface area contributed by atoms with Gasteiger partial charge in [-0.15, -0.1) is 0 Å². The molecule has 7 rings (SSSR count). The molecule has 3 heterocycles. The summed E-state index contributed by atoms with van der Waals surface area (Å²) in [5, 5.41) is 4.80. The first-order valence-corrected chi connectivity index (χ1v) is 26.2. The fraction of sp³-hybridized carbons (Fsp3) is 0.360. The number of benzene rings is 4. The van der Waals surface area contributed by atoms with E-state index in [0.717, 1.165) is 77.4 Å². The number of rotatable bonds is 8. The molecule has 4 aromatic carbocycles. The van der Waals surface area contributed by atoms with Crippen LogP contribution in [-0.4, -0.2) is 36.2 Å². The molecule has 1 aliphatic heterocycles. The van der Waals surface area contributed by atoms with Gasteiger partial charge in [0.1, 0.15) is 0 Å². The summed E-state index contributed by atoms with van der Waals surface area (Å²) < 4.78 is 17.7. The Labute approximate surface area is 390 Å². The number of fused-ring (bicyclic) bond motifs is 1. The van der Waals surface area contributed by atoms with Gasteiger partial charge in [0.2, 0.25) is 0 Å². The first kappa shape index (κ1) is 47.6. The minimum Gasteiger partial charge on any atom is -0.417 e. The topological polar surface area (TPSA) is 56.3 Å². The van der Waals surface area contributed by atoms with Gasteiger partial charge >= 0.3 is 0 Å². The highest BCUT2D eigenvalue weighted by Gasteiger charge is 2.36. The maximum atomic E-state index is 6.15. The van der Waals surface area contributed by atoms with Crippen LogP contribution in [0, 0.1) is 43.1 Å². The maximum Gasteiger partial charge on any atom is 0.191 e. The molecular formula is C50H59Br2IN4O2Si. The number of imidazole rings is 1. The van der Waals surface area contributed by atoms with Crippen LogP contribution in [0.5, 0.6) is 0 Å². The fourth-order valence-corrected chi connectivity index (χ4v) is 8.87. The van der Waals surface area contributed by atoms with Crippen molar-refractivity contribution >= 4 is 68.6 Å². The second-order valence-electron chi connectivity index (χ2n) is 17.0. The molecule has 316 valence electrons. The zero-order valence-electron chi connectivity index (χ0n) is 36.8. The van der Waals surface area contributed by atoms with Crippen molar-refractivity contribution in [1.82, 2.24) is 14.7 Å². The molecule has 0 unspecified atom stereocenters. The highest BCUT2D eigenvalue weighted by molar-refractivity contribution is 14.1. The van der Waals surface area contributed by atoms with E-state index in [1.165, 1.54) is 35.9 Å². The van der Waals surface area contributed by atoms with E-state index in [0.29, 0.717) is 0 Å². The lowest BCUT2D eigenvalue weighted by Crippen LogP contribution is -2.40. The molecule has 2 aromatic heterocycles. The summed E-state index contributed by atoms with van der Waals surface area (Å²) in [5.74, 6) is 8.35. The van der Waals surface area contributed by atoms with Crippen LogP contribution in [0.2, 0.25) is 18.1 Å². The normalized spacial score (nSPS) is 12.9. The van der Waals surface area contributed by atoms with Gasteiger partial charge in [0.25, 0.3) is 0 Å². The van der Waals surface area contributed by atoms with Crippen molar-refractivity contribution in [3.63, 3.8) is 0 Å². The lowest BCUT2D eigenvalue weighted by Gasteiger charge is -2.36. The Kier molecular flexibility index (Phi) is 17.1.